The highest BCUT2D eigenvalue weighted by molar-refractivity contribution is 8.13. The van der Waals surface area contributed by atoms with Gasteiger partial charge in [0, 0.05) is 29.2 Å². The van der Waals surface area contributed by atoms with E-state index in [-0.39, 0.29) is 68.0 Å². The van der Waals surface area contributed by atoms with Crippen molar-refractivity contribution in [3.8, 4) is 0 Å². The van der Waals surface area contributed by atoms with Gasteiger partial charge in [0.05, 0.1) is 18.1 Å². The molecule has 392 valence electrons. The van der Waals surface area contributed by atoms with Crippen LogP contribution in [0.4, 0.5) is 26.7 Å². The number of unbranched alkanes of at least 4 members (excludes halogenated alkanes) is 2. The minimum absolute atomic E-state index is 0.0569. The molecule has 2 aromatic rings. The van der Waals surface area contributed by atoms with E-state index < -0.39 is 109 Å². The van der Waals surface area contributed by atoms with Crippen molar-refractivity contribution in [3.05, 3.63) is 64.5 Å². The molecule has 0 heterocycles. The third-order valence-electron chi connectivity index (χ3n) is 16.6. The highest BCUT2D eigenvalue weighted by Gasteiger charge is 2.69. The number of carbonyl (C=O) groups excluding carboxylic acids is 6. The van der Waals surface area contributed by atoms with E-state index in [1.165, 1.54) is 6.92 Å². The highest BCUT2D eigenvalue weighted by Crippen LogP contribution is 2.71. The maximum atomic E-state index is 14.8. The van der Waals surface area contributed by atoms with Gasteiger partial charge in [-0.1, -0.05) is 71.7 Å². The van der Waals surface area contributed by atoms with Gasteiger partial charge >= 0.3 is 18.0 Å². The molecule has 4 saturated carbocycles. The molecule has 0 unspecified atom stereocenters. The maximum Gasteiger partial charge on any atom is 0.407 e. The summed E-state index contributed by atoms with van der Waals surface area (Å²) in [5.74, 6) is -16.6. The van der Waals surface area contributed by atoms with E-state index in [2.05, 4.69) is 12.2 Å². The van der Waals surface area contributed by atoms with Gasteiger partial charge < -0.3 is 29.0 Å². The summed E-state index contributed by atoms with van der Waals surface area (Å²) in [4.78, 5) is 79.2. The molecule has 1 N–H and O–H groups in total. The van der Waals surface area contributed by atoms with Gasteiger partial charge in [0.2, 0.25) is 5.82 Å². The summed E-state index contributed by atoms with van der Waals surface area (Å²) in [6, 6.07) is 7.37. The van der Waals surface area contributed by atoms with Crippen LogP contribution in [0.5, 0.6) is 0 Å². The number of fused-ring (bicyclic) bond motifs is 5. The maximum absolute atomic E-state index is 14.8. The van der Waals surface area contributed by atoms with E-state index in [0.717, 1.165) is 18.4 Å². The lowest BCUT2D eigenvalue weighted by Crippen LogP contribution is -2.64. The number of esters is 2. The minimum Gasteiger partial charge on any atom is -0.465 e. The van der Waals surface area contributed by atoms with Crippen molar-refractivity contribution in [1.82, 2.24) is 5.32 Å². The van der Waals surface area contributed by atoms with Crippen LogP contribution >= 0.6 is 11.8 Å². The molecule has 0 radical (unpaired) electrons. The molecule has 0 bridgehead atoms. The molecule has 11 atom stereocenters. The fourth-order valence-corrected chi connectivity index (χ4v) is 13.9. The Morgan fingerprint density at radius 3 is 1.93 bits per heavy atom. The Morgan fingerprint density at radius 2 is 1.38 bits per heavy atom. The third-order valence-corrected chi connectivity index (χ3v) is 17.7. The van der Waals surface area contributed by atoms with Crippen molar-refractivity contribution >= 4 is 47.9 Å². The van der Waals surface area contributed by atoms with E-state index in [0.29, 0.717) is 63.5 Å². The van der Waals surface area contributed by atoms with Gasteiger partial charge in [0.25, 0.3) is 12.9 Å². The first kappa shape index (κ1) is 55.6. The number of carbonyl (C=O) groups is 6. The Labute approximate surface area is 416 Å². The second-order valence-electron chi connectivity index (χ2n) is 21.5. The fourth-order valence-electron chi connectivity index (χ4n) is 13.0. The number of benzene rings is 2. The molecule has 0 aliphatic heterocycles. The van der Waals surface area contributed by atoms with Crippen LogP contribution < -0.4 is 5.32 Å². The van der Waals surface area contributed by atoms with Crippen LogP contribution in [-0.4, -0.2) is 67.1 Å². The molecule has 0 spiro atoms. The van der Waals surface area contributed by atoms with Gasteiger partial charge in [-0.15, -0.1) is 0 Å². The molecular formula is C53H68F5NO11S. The molecule has 4 aliphatic carbocycles. The molecule has 1 amide bonds. The molecule has 0 aromatic heterocycles. The Bertz CT molecular complexity index is 2250. The Kier molecular flexibility index (Phi) is 17.7. The number of alkyl carbamates (subject to hydrolysis) is 1. The van der Waals surface area contributed by atoms with Crippen molar-refractivity contribution in [3.63, 3.8) is 0 Å². The molecule has 4 fully saturated rings. The van der Waals surface area contributed by atoms with Gasteiger partial charge in [0.1, 0.15) is 17.8 Å². The summed E-state index contributed by atoms with van der Waals surface area (Å²) in [7, 11) is 0. The molecule has 2 aromatic carbocycles. The zero-order chi connectivity index (χ0) is 52.2. The number of amides is 1. The number of ether oxygens (including phenoxy) is 5. The lowest BCUT2D eigenvalue weighted by atomic mass is 9.40. The quantitative estimate of drug-likeness (QED) is 0.0163. The monoisotopic (exact) mass is 1020 g/mol. The predicted octanol–water partition coefficient (Wildman–Crippen LogP) is 10.9. The summed E-state index contributed by atoms with van der Waals surface area (Å²) in [5, 5.41) is 1.93. The van der Waals surface area contributed by atoms with Crippen LogP contribution in [0.3, 0.4) is 0 Å². The van der Waals surface area contributed by atoms with Crippen molar-refractivity contribution in [2.75, 3.05) is 13.2 Å². The standard InChI is InChI=1S/C53H68F5NO11S/c1-9-11-21-66-46(62)39(47(63)67-22-12-10-2)53(31-15-13-30(14-16-31)26-59-49(65)70-50(4,5)6)20-19-51(7)32(25-53)23-36(68-27-60)38-34-18-17-33(52(34,8)37(69-28-61)24-35(38)51)29(3)48(64)71-45-43(57)41(55)40(54)42(56)44(45)58/h13-16,27-29,32-39H,9-12,17-26H2,1-8H3,(H,59,65)/t29-,32+,33+,34-,35-,36+,37-,38-,51-,52+,53-/m0/s1. The summed E-state index contributed by atoms with van der Waals surface area (Å²) in [5.41, 5.74) is -2.02. The summed E-state index contributed by atoms with van der Waals surface area (Å²) in [6.45, 7) is 15.8. The van der Waals surface area contributed by atoms with Gasteiger partial charge in [0.15, 0.2) is 34.3 Å². The second-order valence-corrected chi connectivity index (χ2v) is 22.5. The molecule has 6 rings (SSSR count). The van der Waals surface area contributed by atoms with E-state index in [4.69, 9.17) is 23.7 Å². The van der Waals surface area contributed by atoms with Gasteiger partial charge in [-0.25, -0.2) is 26.7 Å². The Balaban J connectivity index is 1.38. The summed E-state index contributed by atoms with van der Waals surface area (Å²) >= 11 is -0.0569. The Hall–Kier alpha value is -4.74. The molecule has 4 aliphatic rings. The number of nitrogens with one attached hydrogen (secondary N) is 1. The number of hydrogen-bond acceptors (Lipinski definition) is 12. The normalized spacial score (nSPS) is 29.4. The number of hydrogen-bond donors (Lipinski definition) is 1. The van der Waals surface area contributed by atoms with Gasteiger partial charge in [-0.05, 0) is 131 Å². The highest BCUT2D eigenvalue weighted by atomic mass is 32.2. The SMILES string of the molecule is CCCCOC(=O)C(C(=O)OCCCC)[C@@]1(c2ccc(CNC(=O)OC(C)(C)C)cc2)CC[C@@]2(C)[C@H](C[C@@H](OC=O)[C@@H]3[C@@H]2C[C@H](OC=O)[C@]2(C)[C@@H]([C@H](C)C(=O)Sc4c(F)c(F)c(F)c(F)c4F)CC[C@@H]32)C1. The summed E-state index contributed by atoms with van der Waals surface area (Å²) < 4.78 is 101. The fraction of sp³-hybridized carbons (Fsp3) is 0.660. The van der Waals surface area contributed by atoms with Crippen molar-refractivity contribution in [2.24, 2.45) is 52.3 Å². The van der Waals surface area contributed by atoms with Gasteiger partial charge in [-0.2, -0.15) is 0 Å². The molecule has 0 saturated heterocycles. The predicted molar refractivity (Wildman–Crippen MR) is 251 cm³/mol. The first-order valence-corrected chi connectivity index (χ1v) is 25.7. The second kappa shape index (κ2) is 22.6. The molecule has 18 heteroatoms. The first-order valence-electron chi connectivity index (χ1n) is 24.8. The largest absolute Gasteiger partial charge is 0.465 e. The molecule has 12 nitrogen and oxygen atoms in total. The van der Waals surface area contributed by atoms with Crippen LogP contribution in [0.2, 0.25) is 0 Å². The number of halogens is 5. The Morgan fingerprint density at radius 1 is 0.803 bits per heavy atom. The smallest absolute Gasteiger partial charge is 0.407 e. The number of thioether (sulfide) groups is 1. The van der Waals surface area contributed by atoms with Crippen molar-refractivity contribution in [1.29, 1.82) is 0 Å². The zero-order valence-corrected chi connectivity index (χ0v) is 42.7. The van der Waals surface area contributed by atoms with Crippen LogP contribution in [0.25, 0.3) is 0 Å². The first-order chi connectivity index (χ1) is 33.5. The van der Waals surface area contributed by atoms with E-state index >= 15 is 0 Å². The van der Waals surface area contributed by atoms with Crippen LogP contribution in [0.1, 0.15) is 137 Å². The topological polar surface area (TPSA) is 161 Å². The van der Waals surface area contributed by atoms with Crippen molar-refractivity contribution in [2.45, 2.75) is 161 Å². The lowest BCUT2D eigenvalue weighted by Gasteiger charge is -2.65. The summed E-state index contributed by atoms with van der Waals surface area (Å²) in [6.07, 6.45) is 2.98. The van der Waals surface area contributed by atoms with Crippen molar-refractivity contribution < 1.29 is 74.4 Å². The van der Waals surface area contributed by atoms with E-state index in [9.17, 15) is 50.7 Å². The minimum atomic E-state index is -2.34. The van der Waals surface area contributed by atoms with Crippen LogP contribution in [0.15, 0.2) is 29.2 Å². The van der Waals surface area contributed by atoms with Gasteiger partial charge in [-0.3, -0.25) is 24.0 Å². The molecule has 71 heavy (non-hydrogen) atoms. The number of rotatable bonds is 19. The van der Waals surface area contributed by atoms with E-state index in [1.54, 1.807) is 20.8 Å². The van der Waals surface area contributed by atoms with Crippen LogP contribution in [-0.2, 0) is 59.6 Å². The lowest BCUT2D eigenvalue weighted by molar-refractivity contribution is -0.218. The van der Waals surface area contributed by atoms with E-state index in [1.807, 2.05) is 45.0 Å². The average Bonchev–Trinajstić information content (AvgIpc) is 3.69. The third kappa shape index (κ3) is 11.0. The zero-order valence-electron chi connectivity index (χ0n) is 41.8. The van der Waals surface area contributed by atoms with Crippen LogP contribution in [0, 0.1) is 81.3 Å². The average molecular weight is 1020 g/mol. The molecular weight excluding hydrogens is 954 g/mol.